The van der Waals surface area contributed by atoms with Gasteiger partial charge in [0.05, 0.1) is 23.5 Å². The first-order valence-electron chi connectivity index (χ1n) is 16.4. The lowest BCUT2D eigenvalue weighted by Crippen LogP contribution is -2.31. The van der Waals surface area contributed by atoms with Gasteiger partial charge in [-0.1, -0.05) is 43.9 Å². The first-order valence-corrected chi connectivity index (χ1v) is 16.4. The summed E-state index contributed by atoms with van der Waals surface area (Å²) < 4.78 is 50.1. The molecule has 0 bridgehead atoms. The van der Waals surface area contributed by atoms with Crippen molar-refractivity contribution in [2.24, 2.45) is 22.7 Å². The third-order valence-corrected chi connectivity index (χ3v) is 8.83. The fourth-order valence-electron chi connectivity index (χ4n) is 5.98. The molecule has 0 aromatic heterocycles. The average Bonchev–Trinajstić information content (AvgIpc) is 3.01. The lowest BCUT2D eigenvalue weighted by atomic mass is 9.82. The number of nitrogens with zero attached hydrogens (tertiary/aromatic N) is 1. The second-order valence-electron chi connectivity index (χ2n) is 13.0. The highest BCUT2D eigenvalue weighted by atomic mass is 19.4. The number of alkyl halides is 3. The van der Waals surface area contributed by atoms with Gasteiger partial charge in [0.2, 0.25) is 0 Å². The fraction of sp³-hybridized carbons (Fsp3) is 0.568. The van der Waals surface area contributed by atoms with E-state index < -0.39 is 18.7 Å². The molecule has 1 aromatic carbocycles. The average molecular weight is 644 g/mol. The van der Waals surface area contributed by atoms with Crippen molar-refractivity contribution in [3.8, 4) is 5.75 Å². The summed E-state index contributed by atoms with van der Waals surface area (Å²) >= 11 is 0. The van der Waals surface area contributed by atoms with Crippen LogP contribution in [0, 0.1) is 30.1 Å². The second-order valence-corrected chi connectivity index (χ2v) is 13.0. The molecule has 2 aliphatic rings. The van der Waals surface area contributed by atoms with Gasteiger partial charge in [0, 0.05) is 31.2 Å². The molecule has 1 heterocycles. The predicted molar refractivity (Wildman–Crippen MR) is 183 cm³/mol. The lowest BCUT2D eigenvalue weighted by molar-refractivity contribution is -0.204. The summed E-state index contributed by atoms with van der Waals surface area (Å²) in [5, 5.41) is 21.3. The van der Waals surface area contributed by atoms with Crippen LogP contribution in [0.1, 0.15) is 77.2 Å². The van der Waals surface area contributed by atoms with E-state index in [-0.39, 0.29) is 36.1 Å². The maximum atomic E-state index is 12.7. The van der Waals surface area contributed by atoms with E-state index >= 15 is 0 Å². The summed E-state index contributed by atoms with van der Waals surface area (Å²) in [5.41, 5.74) is 4.72. The fourth-order valence-corrected chi connectivity index (χ4v) is 5.98. The molecule has 1 saturated heterocycles. The normalized spacial score (nSPS) is 22.7. The summed E-state index contributed by atoms with van der Waals surface area (Å²) in [6.07, 6.45) is 6.12. The molecule has 3 N–H and O–H groups in total. The van der Waals surface area contributed by atoms with Gasteiger partial charge in [-0.25, -0.2) is 0 Å². The first kappa shape index (κ1) is 37.3. The standard InChI is InChI=1S/C37H52F3N3O3/c1-7-26(5)33(16-10-25(4)19-28-9-8-18-45-23-28)43-34-21-31(20-27(6)36(34)42-22-24(2)3)46-30-13-11-29(12-14-30)32(41)15-17-35(44)37(38,39)40/h7,10,16,20-22,26,28-30,33,35,41,43-44H,1-2,4,8-9,11-15,17-19,23H2,3,5-6H3/b16-10-,41-32?,42-22?/t26?,28?,29?,30?,33?,35-/m1/s1. The minimum absolute atomic E-state index is 0.0572. The minimum atomic E-state index is -4.65. The number of aliphatic imine (C=N–C) groups is 1. The summed E-state index contributed by atoms with van der Waals surface area (Å²) in [5.74, 6) is 1.22. The number of rotatable bonds is 16. The number of aryl methyl sites for hydroxylation is 1. The molecule has 2 fully saturated rings. The third kappa shape index (κ3) is 11.9. The van der Waals surface area contributed by atoms with Crippen LogP contribution in [0.2, 0.25) is 0 Å². The van der Waals surface area contributed by atoms with Gasteiger partial charge in [-0.2, -0.15) is 13.2 Å². The van der Waals surface area contributed by atoms with Gasteiger partial charge in [-0.3, -0.25) is 4.99 Å². The molecular formula is C37H52F3N3O3. The zero-order valence-electron chi connectivity index (χ0n) is 27.7. The Bertz CT molecular complexity index is 1260. The molecule has 9 heteroatoms. The van der Waals surface area contributed by atoms with Crippen molar-refractivity contribution in [3.05, 3.63) is 66.8 Å². The zero-order chi connectivity index (χ0) is 33.9. The summed E-state index contributed by atoms with van der Waals surface area (Å²) in [6, 6.07) is 3.86. The number of ether oxygens (including phenoxy) is 2. The van der Waals surface area contributed by atoms with E-state index in [4.69, 9.17) is 19.9 Å². The van der Waals surface area contributed by atoms with Crippen LogP contribution in [0.15, 0.2) is 66.2 Å². The van der Waals surface area contributed by atoms with Gasteiger partial charge >= 0.3 is 6.18 Å². The Balaban J connectivity index is 1.72. The molecule has 254 valence electrons. The molecule has 1 saturated carbocycles. The molecular weight excluding hydrogens is 591 g/mol. The monoisotopic (exact) mass is 643 g/mol. The summed E-state index contributed by atoms with van der Waals surface area (Å²) in [4.78, 5) is 4.74. The van der Waals surface area contributed by atoms with Gasteiger partial charge < -0.3 is 25.3 Å². The van der Waals surface area contributed by atoms with Crippen LogP contribution in [-0.4, -0.2) is 54.7 Å². The van der Waals surface area contributed by atoms with Gasteiger partial charge in [0.25, 0.3) is 0 Å². The quantitative estimate of drug-likeness (QED) is 0.0952. The zero-order valence-corrected chi connectivity index (χ0v) is 27.7. The van der Waals surface area contributed by atoms with Crippen LogP contribution in [-0.2, 0) is 4.74 Å². The molecule has 1 aliphatic heterocycles. The van der Waals surface area contributed by atoms with Crippen molar-refractivity contribution in [2.45, 2.75) is 103 Å². The number of aliphatic hydroxyl groups excluding tert-OH is 1. The smallest absolute Gasteiger partial charge is 0.414 e. The highest BCUT2D eigenvalue weighted by Crippen LogP contribution is 2.37. The Morgan fingerprint density at radius 1 is 1.22 bits per heavy atom. The van der Waals surface area contributed by atoms with Crippen molar-refractivity contribution >= 4 is 23.3 Å². The first-order chi connectivity index (χ1) is 21.8. The number of aliphatic hydroxyl groups is 1. The van der Waals surface area contributed by atoms with E-state index in [0.717, 1.165) is 60.6 Å². The van der Waals surface area contributed by atoms with Crippen molar-refractivity contribution in [1.29, 1.82) is 5.41 Å². The highest BCUT2D eigenvalue weighted by molar-refractivity contribution is 5.84. The third-order valence-electron chi connectivity index (χ3n) is 8.83. The van der Waals surface area contributed by atoms with Crippen LogP contribution >= 0.6 is 0 Å². The SMILES string of the molecule is C=CC(C)C(/C=C\C(=C)CC1CCCOC1)Nc1cc(OC2CCC(C(=N)CC[C@@H](O)C(F)(F)F)CC2)cc(C)c1N=CC(=C)C. The molecule has 0 radical (unpaired) electrons. The van der Waals surface area contributed by atoms with Crippen molar-refractivity contribution in [2.75, 3.05) is 18.5 Å². The van der Waals surface area contributed by atoms with E-state index in [1.165, 1.54) is 0 Å². The highest BCUT2D eigenvalue weighted by Gasteiger charge is 2.38. The van der Waals surface area contributed by atoms with Crippen molar-refractivity contribution in [1.82, 2.24) is 0 Å². The van der Waals surface area contributed by atoms with Crippen LogP contribution in [0.4, 0.5) is 24.5 Å². The Morgan fingerprint density at radius 3 is 2.54 bits per heavy atom. The molecule has 0 spiro atoms. The maximum absolute atomic E-state index is 12.7. The largest absolute Gasteiger partial charge is 0.490 e. The van der Waals surface area contributed by atoms with E-state index in [2.05, 4.69) is 44.1 Å². The van der Waals surface area contributed by atoms with Crippen LogP contribution in [0.25, 0.3) is 0 Å². The number of nitrogens with one attached hydrogen (secondary N) is 2. The molecule has 4 atom stereocenters. The Hall–Kier alpha value is -3.17. The molecule has 3 unspecified atom stereocenters. The predicted octanol–water partition coefficient (Wildman–Crippen LogP) is 9.47. The number of hydrogen-bond acceptors (Lipinski definition) is 6. The van der Waals surface area contributed by atoms with E-state index in [1.54, 1.807) is 6.21 Å². The van der Waals surface area contributed by atoms with Crippen LogP contribution in [0.3, 0.4) is 0 Å². The van der Waals surface area contributed by atoms with Gasteiger partial charge in [-0.15, -0.1) is 6.58 Å². The molecule has 1 aromatic rings. The summed E-state index contributed by atoms with van der Waals surface area (Å²) in [7, 11) is 0. The number of allylic oxidation sites excluding steroid dienone is 3. The van der Waals surface area contributed by atoms with Gasteiger partial charge in [0.1, 0.15) is 11.9 Å². The lowest BCUT2D eigenvalue weighted by Gasteiger charge is -2.30. The Morgan fingerprint density at radius 2 is 1.93 bits per heavy atom. The van der Waals surface area contributed by atoms with Gasteiger partial charge in [0.15, 0.2) is 0 Å². The van der Waals surface area contributed by atoms with Crippen molar-refractivity contribution < 1.29 is 27.8 Å². The van der Waals surface area contributed by atoms with E-state index in [0.29, 0.717) is 37.4 Å². The number of hydrogen-bond donors (Lipinski definition) is 3. The molecule has 1 aliphatic carbocycles. The van der Waals surface area contributed by atoms with Crippen LogP contribution in [0.5, 0.6) is 5.75 Å². The Labute approximate surface area is 273 Å². The number of halogens is 3. The molecule has 3 rings (SSSR count). The van der Waals surface area contributed by atoms with E-state index in [1.807, 2.05) is 32.1 Å². The number of anilines is 1. The van der Waals surface area contributed by atoms with Crippen molar-refractivity contribution in [3.63, 3.8) is 0 Å². The Kier molecular flexibility index (Phi) is 14.3. The maximum Gasteiger partial charge on any atom is 0.414 e. The second kappa shape index (κ2) is 17.7. The van der Waals surface area contributed by atoms with Gasteiger partial charge in [-0.05, 0) is 107 Å². The molecule has 46 heavy (non-hydrogen) atoms. The van der Waals surface area contributed by atoms with E-state index in [9.17, 15) is 18.3 Å². The summed E-state index contributed by atoms with van der Waals surface area (Å²) in [6.45, 7) is 19.9. The topological polar surface area (TPSA) is 86.9 Å². The molecule has 6 nitrogen and oxygen atoms in total. The minimum Gasteiger partial charge on any atom is -0.490 e. The number of benzene rings is 1. The molecule has 0 amide bonds. The van der Waals surface area contributed by atoms with Crippen LogP contribution < -0.4 is 10.1 Å².